The van der Waals surface area contributed by atoms with Crippen molar-refractivity contribution in [3.63, 3.8) is 0 Å². The smallest absolute Gasteiger partial charge is 0.406 e. The third-order valence-electron chi connectivity index (χ3n) is 3.57. The molecule has 100 valence electrons. The predicted octanol–water partition coefficient (Wildman–Crippen LogP) is 2.37. The van der Waals surface area contributed by atoms with Gasteiger partial charge in [-0.05, 0) is 18.9 Å². The summed E-state index contributed by atoms with van der Waals surface area (Å²) in [7, 11) is 0. The number of hydrogen-bond acceptors (Lipinski definition) is 2. The van der Waals surface area contributed by atoms with Gasteiger partial charge in [-0.1, -0.05) is 20.3 Å². The Balaban J connectivity index is 2.77. The second-order valence-electron chi connectivity index (χ2n) is 4.88. The lowest BCUT2D eigenvalue weighted by Gasteiger charge is -2.28. The van der Waals surface area contributed by atoms with Crippen molar-refractivity contribution >= 4 is 5.97 Å². The molecule has 1 rings (SSSR count). The Morgan fingerprint density at radius 2 is 2.12 bits per heavy atom. The lowest BCUT2D eigenvalue weighted by atomic mass is 9.86. The summed E-state index contributed by atoms with van der Waals surface area (Å²) in [5.74, 6) is -1.47. The molecule has 17 heavy (non-hydrogen) atoms. The van der Waals surface area contributed by atoms with E-state index in [1.807, 2.05) is 13.8 Å². The summed E-state index contributed by atoms with van der Waals surface area (Å²) in [6.07, 6.45) is -4.14. The number of halogens is 3. The molecule has 0 amide bonds. The van der Waals surface area contributed by atoms with Crippen LogP contribution >= 0.6 is 0 Å². The zero-order valence-electron chi connectivity index (χ0n) is 10.0. The van der Waals surface area contributed by atoms with E-state index in [1.54, 1.807) is 4.90 Å². The quantitative estimate of drug-likeness (QED) is 0.836. The molecule has 1 heterocycles. The number of nitrogens with zero attached hydrogens (tertiary/aromatic N) is 1. The summed E-state index contributed by atoms with van der Waals surface area (Å²) in [4.78, 5) is 12.5. The van der Waals surface area contributed by atoms with Gasteiger partial charge in [-0.3, -0.25) is 4.79 Å². The minimum atomic E-state index is -4.68. The van der Waals surface area contributed by atoms with Gasteiger partial charge < -0.3 is 10.0 Å². The van der Waals surface area contributed by atoms with Crippen LogP contribution in [-0.4, -0.2) is 41.8 Å². The Morgan fingerprint density at radius 1 is 1.53 bits per heavy atom. The highest BCUT2D eigenvalue weighted by Crippen LogP contribution is 2.45. The first-order valence-corrected chi connectivity index (χ1v) is 5.75. The van der Waals surface area contributed by atoms with Gasteiger partial charge in [-0.25, -0.2) is 0 Å². The number of hydrogen-bond donors (Lipinski definition) is 1. The van der Waals surface area contributed by atoms with E-state index in [-0.39, 0.29) is 18.9 Å². The van der Waals surface area contributed by atoms with Crippen molar-refractivity contribution in [1.29, 1.82) is 0 Å². The number of rotatable bonds is 4. The minimum Gasteiger partial charge on any atom is -0.481 e. The fraction of sp³-hybridized carbons (Fsp3) is 0.909. The van der Waals surface area contributed by atoms with Crippen LogP contribution in [-0.2, 0) is 4.79 Å². The lowest BCUT2D eigenvalue weighted by molar-refractivity contribution is -0.227. The first kappa shape index (κ1) is 14.3. The van der Waals surface area contributed by atoms with Gasteiger partial charge in [0, 0.05) is 13.1 Å². The van der Waals surface area contributed by atoms with Gasteiger partial charge in [-0.2, -0.15) is 13.2 Å². The first-order valence-electron chi connectivity index (χ1n) is 5.75. The minimum absolute atomic E-state index is 0.205. The molecule has 2 unspecified atom stereocenters. The van der Waals surface area contributed by atoms with Gasteiger partial charge in [0.15, 0.2) is 5.41 Å². The lowest BCUT2D eigenvalue weighted by Crippen LogP contribution is -2.47. The molecule has 0 aromatic rings. The van der Waals surface area contributed by atoms with E-state index >= 15 is 0 Å². The Hall–Kier alpha value is -0.780. The molecular formula is C11H18F3NO2. The van der Waals surface area contributed by atoms with Crippen molar-refractivity contribution in [2.75, 3.05) is 19.6 Å². The van der Waals surface area contributed by atoms with Crippen LogP contribution < -0.4 is 0 Å². The average Bonchev–Trinajstić information content (AvgIpc) is 2.62. The van der Waals surface area contributed by atoms with E-state index in [0.717, 1.165) is 6.42 Å². The molecule has 3 nitrogen and oxygen atoms in total. The van der Waals surface area contributed by atoms with Crippen LogP contribution in [0.5, 0.6) is 0 Å². The van der Waals surface area contributed by atoms with Crippen LogP contribution in [0.1, 0.15) is 26.7 Å². The Morgan fingerprint density at radius 3 is 2.47 bits per heavy atom. The molecule has 1 N–H and O–H groups in total. The number of carboxylic acid groups (broad SMARTS) is 1. The number of carboxylic acids is 1. The summed E-state index contributed by atoms with van der Waals surface area (Å²) in [6.45, 7) is 4.23. The van der Waals surface area contributed by atoms with Crippen molar-refractivity contribution in [1.82, 2.24) is 4.90 Å². The average molecular weight is 253 g/mol. The van der Waals surface area contributed by atoms with Gasteiger partial charge >= 0.3 is 12.1 Å². The van der Waals surface area contributed by atoms with Gasteiger partial charge in [0.05, 0.1) is 0 Å². The molecule has 0 aliphatic carbocycles. The number of alkyl halides is 3. The summed E-state index contributed by atoms with van der Waals surface area (Å²) < 4.78 is 38.6. The topological polar surface area (TPSA) is 40.5 Å². The van der Waals surface area contributed by atoms with Crippen LogP contribution in [0, 0.1) is 11.3 Å². The van der Waals surface area contributed by atoms with Crippen molar-refractivity contribution in [2.45, 2.75) is 32.9 Å². The summed E-state index contributed by atoms with van der Waals surface area (Å²) in [5.41, 5.74) is -2.57. The van der Waals surface area contributed by atoms with Crippen molar-refractivity contribution < 1.29 is 23.1 Å². The maximum absolute atomic E-state index is 12.9. The van der Waals surface area contributed by atoms with Crippen LogP contribution in [0.3, 0.4) is 0 Å². The van der Waals surface area contributed by atoms with E-state index in [0.29, 0.717) is 6.54 Å². The van der Waals surface area contributed by atoms with Gasteiger partial charge in [-0.15, -0.1) is 0 Å². The van der Waals surface area contributed by atoms with Crippen LogP contribution in [0.25, 0.3) is 0 Å². The third kappa shape index (κ3) is 2.73. The monoisotopic (exact) mass is 253 g/mol. The zero-order chi connectivity index (χ0) is 13.3. The fourth-order valence-corrected chi connectivity index (χ4v) is 2.14. The van der Waals surface area contributed by atoms with Crippen molar-refractivity contribution in [3.05, 3.63) is 0 Å². The second-order valence-corrected chi connectivity index (χ2v) is 4.88. The van der Waals surface area contributed by atoms with Gasteiger partial charge in [0.1, 0.15) is 0 Å². The van der Waals surface area contributed by atoms with E-state index in [2.05, 4.69) is 0 Å². The number of likely N-dealkylation sites (tertiary alicyclic amines) is 1. The highest BCUT2D eigenvalue weighted by Gasteiger charge is 2.63. The molecule has 2 atom stereocenters. The Kier molecular flexibility index (Phi) is 4.06. The molecule has 1 aliphatic rings. The van der Waals surface area contributed by atoms with Crippen molar-refractivity contribution in [3.8, 4) is 0 Å². The molecule has 0 aromatic heterocycles. The van der Waals surface area contributed by atoms with E-state index in [9.17, 15) is 18.0 Å². The highest BCUT2D eigenvalue weighted by atomic mass is 19.4. The largest absolute Gasteiger partial charge is 0.481 e. The maximum Gasteiger partial charge on any atom is 0.406 e. The zero-order valence-corrected chi connectivity index (χ0v) is 10.0. The molecule has 0 spiro atoms. The Labute approximate surface area is 98.6 Å². The fourth-order valence-electron chi connectivity index (χ4n) is 2.14. The molecule has 6 heteroatoms. The molecule has 1 fully saturated rings. The summed E-state index contributed by atoms with van der Waals surface area (Å²) in [5, 5.41) is 8.86. The maximum atomic E-state index is 12.9. The third-order valence-corrected chi connectivity index (χ3v) is 3.57. The van der Waals surface area contributed by atoms with Crippen molar-refractivity contribution in [2.24, 2.45) is 11.3 Å². The highest BCUT2D eigenvalue weighted by molar-refractivity contribution is 5.76. The number of carbonyl (C=O) groups is 1. The molecule has 0 bridgehead atoms. The normalized spacial score (nSPS) is 28.3. The summed E-state index contributed by atoms with van der Waals surface area (Å²) in [6, 6.07) is 0. The van der Waals surface area contributed by atoms with E-state index in [1.165, 1.54) is 0 Å². The van der Waals surface area contributed by atoms with Gasteiger partial charge in [0.2, 0.25) is 0 Å². The summed E-state index contributed by atoms with van der Waals surface area (Å²) >= 11 is 0. The van der Waals surface area contributed by atoms with Crippen LogP contribution in [0.2, 0.25) is 0 Å². The number of aliphatic carboxylic acids is 1. The van der Waals surface area contributed by atoms with Crippen LogP contribution in [0.15, 0.2) is 0 Å². The first-order chi connectivity index (χ1) is 7.73. The molecule has 1 saturated heterocycles. The molecule has 1 aliphatic heterocycles. The molecular weight excluding hydrogens is 235 g/mol. The Bertz CT molecular complexity index is 293. The van der Waals surface area contributed by atoms with E-state index < -0.39 is 24.1 Å². The standard InChI is InChI=1S/C11H18F3NO2/c1-3-8(2)6-15-5-4-10(7-15,9(16)17)11(12,13)14/h8H,3-7H2,1-2H3,(H,16,17). The van der Waals surface area contributed by atoms with Gasteiger partial charge in [0.25, 0.3) is 0 Å². The molecule has 0 aromatic carbocycles. The molecule has 0 saturated carbocycles. The second kappa shape index (κ2) is 4.84. The predicted molar refractivity (Wildman–Crippen MR) is 56.6 cm³/mol. The SMILES string of the molecule is CCC(C)CN1CCC(C(=O)O)(C(F)(F)F)C1. The van der Waals surface area contributed by atoms with Crippen LogP contribution in [0.4, 0.5) is 13.2 Å². The molecule has 0 radical (unpaired) electrons. The van der Waals surface area contributed by atoms with E-state index in [4.69, 9.17) is 5.11 Å².